The quantitative estimate of drug-likeness (QED) is 0.850. The second kappa shape index (κ2) is 7.27. The molecule has 0 aromatic heterocycles. The lowest BCUT2D eigenvalue weighted by Gasteiger charge is -2.26. The SMILES string of the molecule is NC(=O)CN(C(=O)/C=C\c1ccccc1Cl)C1CCCC1. The molecular formula is C16H19ClN2O2. The molecule has 0 bridgehead atoms. The van der Waals surface area contributed by atoms with Crippen molar-refractivity contribution in [1.29, 1.82) is 0 Å². The average Bonchev–Trinajstić information content (AvgIpc) is 2.97. The molecule has 0 saturated heterocycles. The lowest BCUT2D eigenvalue weighted by atomic mass is 10.1. The molecule has 2 N–H and O–H groups in total. The molecule has 21 heavy (non-hydrogen) atoms. The summed E-state index contributed by atoms with van der Waals surface area (Å²) in [5.41, 5.74) is 6.03. The van der Waals surface area contributed by atoms with E-state index in [-0.39, 0.29) is 18.5 Å². The fourth-order valence-electron chi connectivity index (χ4n) is 2.64. The van der Waals surface area contributed by atoms with Gasteiger partial charge < -0.3 is 10.6 Å². The van der Waals surface area contributed by atoms with Crippen molar-refractivity contribution >= 4 is 29.5 Å². The predicted octanol–water partition coefficient (Wildman–Crippen LogP) is 2.61. The minimum Gasteiger partial charge on any atom is -0.368 e. The number of primary amides is 1. The zero-order chi connectivity index (χ0) is 15.2. The van der Waals surface area contributed by atoms with Crippen LogP contribution in [0.4, 0.5) is 0 Å². The van der Waals surface area contributed by atoms with E-state index in [1.54, 1.807) is 17.0 Å². The number of benzene rings is 1. The van der Waals surface area contributed by atoms with Crippen LogP contribution in [0, 0.1) is 0 Å². The molecule has 0 atom stereocenters. The lowest BCUT2D eigenvalue weighted by molar-refractivity contribution is -0.133. The number of hydrogen-bond donors (Lipinski definition) is 1. The van der Waals surface area contributed by atoms with Gasteiger partial charge in [-0.3, -0.25) is 9.59 Å². The third-order valence-electron chi connectivity index (χ3n) is 3.69. The molecule has 1 aliphatic rings. The summed E-state index contributed by atoms with van der Waals surface area (Å²) in [5.74, 6) is -0.679. The Morgan fingerprint density at radius 3 is 2.57 bits per heavy atom. The molecule has 2 amide bonds. The maximum atomic E-state index is 12.3. The predicted molar refractivity (Wildman–Crippen MR) is 83.6 cm³/mol. The Bertz CT molecular complexity index is 551. The summed E-state index contributed by atoms with van der Waals surface area (Å²) in [4.78, 5) is 25.1. The molecule has 2 rings (SSSR count). The van der Waals surface area contributed by atoms with Crippen LogP contribution in [0.2, 0.25) is 5.02 Å². The van der Waals surface area contributed by atoms with E-state index in [9.17, 15) is 9.59 Å². The van der Waals surface area contributed by atoms with Crippen LogP contribution in [0.1, 0.15) is 31.2 Å². The molecule has 1 aromatic rings. The molecular weight excluding hydrogens is 288 g/mol. The zero-order valence-electron chi connectivity index (χ0n) is 11.8. The van der Waals surface area contributed by atoms with Crippen molar-refractivity contribution in [1.82, 2.24) is 4.90 Å². The van der Waals surface area contributed by atoms with Gasteiger partial charge in [0.25, 0.3) is 0 Å². The summed E-state index contributed by atoms with van der Waals surface area (Å²) in [6, 6.07) is 7.40. The van der Waals surface area contributed by atoms with Gasteiger partial charge in [0, 0.05) is 17.1 Å². The first-order valence-electron chi connectivity index (χ1n) is 7.09. The number of hydrogen-bond acceptors (Lipinski definition) is 2. The van der Waals surface area contributed by atoms with E-state index >= 15 is 0 Å². The molecule has 0 radical (unpaired) electrons. The second-order valence-electron chi connectivity index (χ2n) is 5.23. The van der Waals surface area contributed by atoms with Gasteiger partial charge in [-0.25, -0.2) is 0 Å². The van der Waals surface area contributed by atoms with E-state index in [0.717, 1.165) is 31.2 Å². The van der Waals surface area contributed by atoms with Crippen molar-refractivity contribution in [3.05, 3.63) is 40.9 Å². The van der Waals surface area contributed by atoms with Gasteiger partial charge in [-0.2, -0.15) is 0 Å². The number of amides is 2. The van der Waals surface area contributed by atoms with E-state index in [1.807, 2.05) is 18.2 Å². The summed E-state index contributed by atoms with van der Waals surface area (Å²) < 4.78 is 0. The molecule has 1 saturated carbocycles. The van der Waals surface area contributed by atoms with Crippen molar-refractivity contribution in [3.63, 3.8) is 0 Å². The molecule has 5 heteroatoms. The average molecular weight is 307 g/mol. The number of nitrogens with zero attached hydrogens (tertiary/aromatic N) is 1. The number of carbonyl (C=O) groups is 2. The Morgan fingerprint density at radius 2 is 1.95 bits per heavy atom. The lowest BCUT2D eigenvalue weighted by Crippen LogP contribution is -2.43. The van der Waals surface area contributed by atoms with Crippen molar-refractivity contribution in [3.8, 4) is 0 Å². The van der Waals surface area contributed by atoms with Gasteiger partial charge in [0.15, 0.2) is 0 Å². The van der Waals surface area contributed by atoms with Gasteiger partial charge in [-0.05, 0) is 30.5 Å². The molecule has 4 nitrogen and oxygen atoms in total. The van der Waals surface area contributed by atoms with Crippen LogP contribution in [0.25, 0.3) is 6.08 Å². The van der Waals surface area contributed by atoms with Crippen LogP contribution in [0.3, 0.4) is 0 Å². The first-order chi connectivity index (χ1) is 10.1. The van der Waals surface area contributed by atoms with Crippen LogP contribution >= 0.6 is 11.6 Å². The van der Waals surface area contributed by atoms with Gasteiger partial charge in [-0.1, -0.05) is 42.6 Å². The Morgan fingerprint density at radius 1 is 1.29 bits per heavy atom. The second-order valence-corrected chi connectivity index (χ2v) is 5.63. The topological polar surface area (TPSA) is 63.4 Å². The fourth-order valence-corrected chi connectivity index (χ4v) is 2.84. The molecule has 0 heterocycles. The summed E-state index contributed by atoms with van der Waals surface area (Å²) in [5, 5.41) is 0.587. The fraction of sp³-hybridized carbons (Fsp3) is 0.375. The van der Waals surface area contributed by atoms with Crippen LogP contribution in [0.15, 0.2) is 30.3 Å². The molecule has 0 aliphatic heterocycles. The van der Waals surface area contributed by atoms with E-state index in [0.29, 0.717) is 5.02 Å². The van der Waals surface area contributed by atoms with E-state index < -0.39 is 5.91 Å². The maximum Gasteiger partial charge on any atom is 0.247 e. The van der Waals surface area contributed by atoms with Crippen LogP contribution in [-0.2, 0) is 9.59 Å². The van der Waals surface area contributed by atoms with E-state index in [2.05, 4.69) is 0 Å². The van der Waals surface area contributed by atoms with Gasteiger partial charge in [0.2, 0.25) is 11.8 Å². The highest BCUT2D eigenvalue weighted by molar-refractivity contribution is 6.32. The van der Waals surface area contributed by atoms with E-state index in [4.69, 9.17) is 17.3 Å². The first kappa shape index (κ1) is 15.6. The van der Waals surface area contributed by atoms with E-state index in [1.165, 1.54) is 6.08 Å². The Balaban J connectivity index is 2.10. The third-order valence-corrected chi connectivity index (χ3v) is 4.03. The summed E-state index contributed by atoms with van der Waals surface area (Å²) >= 11 is 6.05. The minimum atomic E-state index is -0.485. The normalized spacial score (nSPS) is 15.5. The standard InChI is InChI=1S/C16H19ClN2O2/c17-14-8-4-1-5-12(14)9-10-16(21)19(11-15(18)20)13-6-2-3-7-13/h1,4-5,8-10,13H,2-3,6-7,11H2,(H2,18,20)/b10-9-. The maximum absolute atomic E-state index is 12.3. The molecule has 0 spiro atoms. The van der Waals surface area contributed by atoms with Gasteiger partial charge >= 0.3 is 0 Å². The summed E-state index contributed by atoms with van der Waals surface area (Å²) in [6.45, 7) is -0.0314. The Labute approximate surface area is 129 Å². The zero-order valence-corrected chi connectivity index (χ0v) is 12.6. The summed E-state index contributed by atoms with van der Waals surface area (Å²) in [6.07, 6.45) is 7.16. The Kier molecular flexibility index (Phi) is 5.39. The number of carbonyl (C=O) groups excluding carboxylic acids is 2. The van der Waals surface area contributed by atoms with Crippen molar-refractivity contribution < 1.29 is 9.59 Å². The van der Waals surface area contributed by atoms with Gasteiger partial charge in [0.1, 0.15) is 0 Å². The highest BCUT2D eigenvalue weighted by Crippen LogP contribution is 2.24. The minimum absolute atomic E-state index is 0.0314. The number of rotatable bonds is 5. The molecule has 0 unspecified atom stereocenters. The van der Waals surface area contributed by atoms with Crippen LogP contribution in [-0.4, -0.2) is 29.3 Å². The highest BCUT2D eigenvalue weighted by Gasteiger charge is 2.26. The monoisotopic (exact) mass is 306 g/mol. The number of halogens is 1. The first-order valence-corrected chi connectivity index (χ1v) is 7.47. The Hall–Kier alpha value is -1.81. The van der Waals surface area contributed by atoms with Crippen molar-refractivity contribution in [2.45, 2.75) is 31.7 Å². The van der Waals surface area contributed by atoms with Crippen molar-refractivity contribution in [2.24, 2.45) is 5.73 Å². The molecule has 112 valence electrons. The molecule has 1 aromatic carbocycles. The molecule has 1 aliphatic carbocycles. The number of nitrogens with two attached hydrogens (primary N) is 1. The highest BCUT2D eigenvalue weighted by atomic mass is 35.5. The third kappa shape index (κ3) is 4.33. The summed E-state index contributed by atoms with van der Waals surface area (Å²) in [7, 11) is 0. The van der Waals surface area contributed by atoms with Crippen LogP contribution < -0.4 is 5.73 Å². The smallest absolute Gasteiger partial charge is 0.247 e. The largest absolute Gasteiger partial charge is 0.368 e. The van der Waals surface area contributed by atoms with Gasteiger partial charge in [0.05, 0.1) is 6.54 Å². The van der Waals surface area contributed by atoms with Crippen LogP contribution in [0.5, 0.6) is 0 Å². The van der Waals surface area contributed by atoms with Gasteiger partial charge in [-0.15, -0.1) is 0 Å². The van der Waals surface area contributed by atoms with Crippen molar-refractivity contribution in [2.75, 3.05) is 6.54 Å². The molecule has 1 fully saturated rings.